The van der Waals surface area contributed by atoms with Crippen LogP contribution in [0.3, 0.4) is 0 Å². The number of benzene rings is 1. The van der Waals surface area contributed by atoms with E-state index in [1.165, 1.54) is 0 Å². The minimum Gasteiger partial charge on any atom is -0.493 e. The fourth-order valence-corrected chi connectivity index (χ4v) is 6.96. The molecule has 3 amide bonds. The molecule has 0 saturated carbocycles. The lowest BCUT2D eigenvalue weighted by molar-refractivity contribution is -0.133. The fourth-order valence-electron chi connectivity index (χ4n) is 6.67. The summed E-state index contributed by atoms with van der Waals surface area (Å²) in [5.41, 5.74) is 1.54. The molecule has 1 aliphatic heterocycles. The van der Waals surface area contributed by atoms with Gasteiger partial charge in [-0.25, -0.2) is 4.79 Å². The molecule has 1 aliphatic carbocycles. The molecule has 296 valence electrons. The van der Waals surface area contributed by atoms with Gasteiger partial charge in [0.05, 0.1) is 37.5 Å². The predicted molar refractivity (Wildman–Crippen MR) is 218 cm³/mol. The first-order chi connectivity index (χ1) is 25.7. The van der Waals surface area contributed by atoms with Crippen LogP contribution in [0.25, 0.3) is 0 Å². The number of pyridine rings is 1. The smallest absolute Gasteiger partial charge is 0.325 e. The molecule has 0 radical (unpaired) electrons. The number of carbonyl (C=O) groups is 2. The maximum absolute atomic E-state index is 15.0. The van der Waals surface area contributed by atoms with E-state index in [-0.39, 0.29) is 35.7 Å². The molecule has 0 N–H and O–H groups in total. The van der Waals surface area contributed by atoms with Gasteiger partial charge in [-0.15, -0.1) is 0 Å². The van der Waals surface area contributed by atoms with E-state index < -0.39 is 5.54 Å². The normalized spacial score (nSPS) is 17.0. The first-order valence-corrected chi connectivity index (χ1v) is 19.8. The molecule has 1 fully saturated rings. The van der Waals surface area contributed by atoms with Gasteiger partial charge in [-0.1, -0.05) is 68.3 Å². The number of carbonyl (C=O) groups excluding carboxylic acids is 2. The number of aliphatic imine (C=N–C) groups is 1. The summed E-state index contributed by atoms with van der Waals surface area (Å²) in [7, 11) is 3.27. The lowest BCUT2D eigenvalue weighted by Gasteiger charge is -2.38. The van der Waals surface area contributed by atoms with Gasteiger partial charge in [0.15, 0.2) is 0 Å². The number of ether oxygens (including phenoxy) is 3. The molecule has 54 heavy (non-hydrogen) atoms. The highest BCUT2D eigenvalue weighted by Gasteiger charge is 2.36. The molecular weight excluding hydrogens is 725 g/mol. The molecule has 0 bridgehead atoms. The molecule has 2 aromatic rings. The summed E-state index contributed by atoms with van der Waals surface area (Å²) >= 11 is 12.6. The number of methoxy groups -OCH3 is 2. The quantitative estimate of drug-likeness (QED) is 0.133. The summed E-state index contributed by atoms with van der Waals surface area (Å²) in [6.45, 7) is 16.1. The van der Waals surface area contributed by atoms with Crippen LogP contribution >= 0.6 is 23.2 Å². The Kier molecular flexibility index (Phi) is 16.0. The number of likely N-dealkylation sites (tertiary alicyclic amines) is 1. The van der Waals surface area contributed by atoms with Crippen LogP contribution in [-0.2, 0) is 26.2 Å². The Morgan fingerprint density at radius 3 is 2.20 bits per heavy atom. The number of hydrogen-bond donors (Lipinski definition) is 0. The number of rotatable bonds is 15. The van der Waals surface area contributed by atoms with E-state index >= 15 is 0 Å². The van der Waals surface area contributed by atoms with Gasteiger partial charge in [-0.3, -0.25) is 19.7 Å². The molecule has 1 aromatic heterocycles. The van der Waals surface area contributed by atoms with E-state index in [2.05, 4.69) is 40.7 Å². The fraction of sp³-hybridized carbons (Fsp3) is 0.571. The second-order valence-electron chi connectivity index (χ2n) is 15.6. The Morgan fingerprint density at radius 2 is 1.65 bits per heavy atom. The van der Waals surface area contributed by atoms with Crippen molar-refractivity contribution in [3.05, 3.63) is 81.6 Å². The second-order valence-corrected chi connectivity index (χ2v) is 16.5. The van der Waals surface area contributed by atoms with Gasteiger partial charge >= 0.3 is 6.03 Å². The standard InChI is InChI=1S/C42H59Cl2N5O5/c1-9-54-36-27-37(41(2,3)4)45-28-35(36)39(46-42(5,6)32-12-16-34(44)17-13-32)49(29-31-10-14-33(43)15-11-31)40(51)48-20-18-30(19-21-48)26-38(50)47(22-24-52-7)23-25-53-8/h10-12,14-17,27-28,30,32H,9,13,18-26,29H2,1-8H3/b46-39-. The third-order valence-electron chi connectivity index (χ3n) is 10.1. The average molecular weight is 785 g/mol. The predicted octanol–water partition coefficient (Wildman–Crippen LogP) is 8.50. The van der Waals surface area contributed by atoms with Gasteiger partial charge in [0, 0.05) is 86.2 Å². The summed E-state index contributed by atoms with van der Waals surface area (Å²) in [6.07, 6.45) is 10.4. The van der Waals surface area contributed by atoms with E-state index in [1.807, 2.05) is 59.2 Å². The Balaban J connectivity index is 1.73. The number of allylic oxidation sites excluding steroid dienone is 3. The Labute approximate surface area is 332 Å². The van der Waals surface area contributed by atoms with Crippen molar-refractivity contribution in [1.29, 1.82) is 0 Å². The summed E-state index contributed by atoms with van der Waals surface area (Å²) in [6, 6.07) is 9.34. The lowest BCUT2D eigenvalue weighted by atomic mass is 9.83. The molecule has 1 saturated heterocycles. The van der Waals surface area contributed by atoms with Gasteiger partial charge < -0.3 is 24.0 Å². The average Bonchev–Trinajstić information content (AvgIpc) is 3.14. The molecule has 1 unspecified atom stereocenters. The largest absolute Gasteiger partial charge is 0.493 e. The van der Waals surface area contributed by atoms with Crippen LogP contribution in [0.5, 0.6) is 5.75 Å². The Bertz CT molecular complexity index is 1640. The zero-order chi connectivity index (χ0) is 39.5. The zero-order valence-electron chi connectivity index (χ0n) is 33.4. The molecule has 2 aliphatic rings. The number of urea groups is 1. The summed E-state index contributed by atoms with van der Waals surface area (Å²) in [5.74, 6) is 1.36. The topological polar surface area (TPSA) is 96.8 Å². The second kappa shape index (κ2) is 19.9. The molecule has 12 heteroatoms. The van der Waals surface area contributed by atoms with E-state index in [0.717, 1.165) is 11.3 Å². The lowest BCUT2D eigenvalue weighted by Crippen LogP contribution is -2.50. The van der Waals surface area contributed by atoms with Gasteiger partial charge in [0.2, 0.25) is 5.91 Å². The van der Waals surface area contributed by atoms with E-state index in [1.54, 1.807) is 25.3 Å². The van der Waals surface area contributed by atoms with Crippen LogP contribution in [0.4, 0.5) is 4.79 Å². The third kappa shape index (κ3) is 12.0. The number of amidine groups is 1. The first kappa shape index (κ1) is 43.3. The van der Waals surface area contributed by atoms with Crippen LogP contribution in [0, 0.1) is 11.8 Å². The van der Waals surface area contributed by atoms with Crippen molar-refractivity contribution in [3.63, 3.8) is 0 Å². The van der Waals surface area contributed by atoms with E-state index in [0.29, 0.717) is 98.9 Å². The third-order valence-corrected chi connectivity index (χ3v) is 10.6. The molecule has 2 heterocycles. The van der Waals surface area contributed by atoms with Crippen molar-refractivity contribution in [2.24, 2.45) is 16.8 Å². The number of piperidine rings is 1. The monoisotopic (exact) mass is 783 g/mol. The maximum Gasteiger partial charge on any atom is 0.325 e. The minimum atomic E-state index is -0.643. The summed E-state index contributed by atoms with van der Waals surface area (Å²) in [4.78, 5) is 44.2. The molecule has 4 rings (SSSR count). The highest BCUT2D eigenvalue weighted by atomic mass is 35.5. The first-order valence-electron chi connectivity index (χ1n) is 19.0. The van der Waals surface area contributed by atoms with Crippen molar-refractivity contribution in [3.8, 4) is 5.75 Å². The SMILES string of the molecule is CCOc1cc(C(C)(C)C)ncc1/C(=N/C(C)(C)C1C=CC(Cl)=CC1)N(Cc1ccc(Cl)cc1)C(=O)N1CCC(CC(=O)N(CCOC)CCOC)CC1. The number of amides is 3. The highest BCUT2D eigenvalue weighted by Crippen LogP contribution is 2.35. The molecular formula is C42H59Cl2N5O5. The van der Waals surface area contributed by atoms with Gasteiger partial charge in [-0.05, 0) is 69.7 Å². The molecule has 1 atom stereocenters. The summed E-state index contributed by atoms with van der Waals surface area (Å²) < 4.78 is 16.8. The Morgan fingerprint density at radius 1 is 1.00 bits per heavy atom. The van der Waals surface area contributed by atoms with Crippen molar-refractivity contribution >= 4 is 41.0 Å². The number of nitrogens with zero attached hydrogens (tertiary/aromatic N) is 5. The number of aromatic nitrogens is 1. The van der Waals surface area contributed by atoms with Gasteiger partial charge in [-0.2, -0.15) is 0 Å². The summed E-state index contributed by atoms with van der Waals surface area (Å²) in [5, 5.41) is 1.32. The van der Waals surface area contributed by atoms with Gasteiger partial charge in [0.1, 0.15) is 11.6 Å². The van der Waals surface area contributed by atoms with Crippen LogP contribution in [-0.4, -0.2) is 103 Å². The number of hydrogen-bond acceptors (Lipinski definition) is 7. The van der Waals surface area contributed by atoms with Crippen LogP contribution in [0.1, 0.15) is 84.0 Å². The van der Waals surface area contributed by atoms with Crippen LogP contribution in [0.2, 0.25) is 5.02 Å². The van der Waals surface area contributed by atoms with Crippen LogP contribution < -0.4 is 4.74 Å². The van der Waals surface area contributed by atoms with E-state index in [9.17, 15) is 9.59 Å². The molecule has 1 aromatic carbocycles. The Hall–Kier alpha value is -3.44. The van der Waals surface area contributed by atoms with Crippen molar-refractivity contribution in [2.45, 2.75) is 84.7 Å². The van der Waals surface area contributed by atoms with E-state index in [4.69, 9.17) is 47.4 Å². The number of halogens is 2. The highest BCUT2D eigenvalue weighted by molar-refractivity contribution is 6.31. The molecule has 0 spiro atoms. The molecule has 10 nitrogen and oxygen atoms in total. The van der Waals surface area contributed by atoms with Crippen molar-refractivity contribution < 1.29 is 23.8 Å². The van der Waals surface area contributed by atoms with Crippen LogP contribution in [0.15, 0.2) is 64.8 Å². The van der Waals surface area contributed by atoms with Crippen molar-refractivity contribution in [2.75, 3.05) is 60.2 Å². The zero-order valence-corrected chi connectivity index (χ0v) is 34.9. The minimum absolute atomic E-state index is 0.0282. The van der Waals surface area contributed by atoms with Crippen molar-refractivity contribution in [1.82, 2.24) is 19.7 Å². The van der Waals surface area contributed by atoms with Gasteiger partial charge in [0.25, 0.3) is 0 Å². The maximum atomic E-state index is 15.0.